The molecule has 0 radical (unpaired) electrons. The lowest BCUT2D eigenvalue weighted by Crippen LogP contribution is -1.99. The highest BCUT2D eigenvalue weighted by Gasteiger charge is 2.17. The van der Waals surface area contributed by atoms with Crippen LogP contribution in [0.5, 0.6) is 0 Å². The summed E-state index contributed by atoms with van der Waals surface area (Å²) in [4.78, 5) is 3.43. The number of nitrogens with zero attached hydrogens (tertiary/aromatic N) is 1. The Bertz CT molecular complexity index is 281. The highest BCUT2D eigenvalue weighted by atomic mass is 35.5. The van der Waals surface area contributed by atoms with E-state index in [1.807, 2.05) is 0 Å². The van der Waals surface area contributed by atoms with E-state index in [-0.39, 0.29) is 16.0 Å². The summed E-state index contributed by atoms with van der Waals surface area (Å²) in [7, 11) is 0. The minimum Gasteiger partial charge on any atom is -0.383 e. The number of aromatic nitrogens is 1. The first-order chi connectivity index (χ1) is 5.52. The van der Waals surface area contributed by atoms with E-state index in [0.29, 0.717) is 0 Å². The van der Waals surface area contributed by atoms with Crippen molar-refractivity contribution in [3.63, 3.8) is 0 Å². The highest BCUT2D eigenvalue weighted by molar-refractivity contribution is 6.34. The molecule has 2 nitrogen and oxygen atoms in total. The Morgan fingerprint density at radius 3 is 2.42 bits per heavy atom. The summed E-state index contributed by atoms with van der Waals surface area (Å²) >= 11 is 10.9. The number of alkyl halides is 2. The zero-order valence-electron chi connectivity index (χ0n) is 5.69. The van der Waals surface area contributed by atoms with Gasteiger partial charge in [0.05, 0.1) is 10.6 Å². The molecule has 0 fully saturated rings. The van der Waals surface area contributed by atoms with Gasteiger partial charge in [-0.3, -0.25) is 0 Å². The second-order valence-electron chi connectivity index (χ2n) is 2.03. The predicted octanol–water partition coefficient (Wildman–Crippen LogP) is 2.91. The highest BCUT2D eigenvalue weighted by Crippen LogP contribution is 2.32. The molecule has 6 heteroatoms. The van der Waals surface area contributed by atoms with Crippen LogP contribution < -0.4 is 5.73 Å². The molecule has 12 heavy (non-hydrogen) atoms. The number of pyridine rings is 1. The van der Waals surface area contributed by atoms with Crippen LogP contribution in [-0.4, -0.2) is 4.98 Å². The molecule has 0 spiro atoms. The van der Waals surface area contributed by atoms with Gasteiger partial charge in [-0.15, -0.1) is 0 Å². The average Bonchev–Trinajstić information content (AvgIpc) is 1.82. The fourth-order valence-corrected chi connectivity index (χ4v) is 1.27. The van der Waals surface area contributed by atoms with E-state index in [0.717, 1.165) is 6.07 Å². The third-order valence-electron chi connectivity index (χ3n) is 1.22. The fourth-order valence-electron chi connectivity index (χ4n) is 0.728. The van der Waals surface area contributed by atoms with Crippen LogP contribution in [0.4, 0.5) is 14.6 Å². The number of halogens is 4. The van der Waals surface area contributed by atoms with Crippen molar-refractivity contribution in [2.45, 2.75) is 6.43 Å². The first-order valence-electron chi connectivity index (χ1n) is 2.92. The number of nitrogens with two attached hydrogens (primary N) is 1. The van der Waals surface area contributed by atoms with E-state index in [1.165, 1.54) is 0 Å². The minimum atomic E-state index is -2.73. The van der Waals surface area contributed by atoms with E-state index in [4.69, 9.17) is 28.9 Å². The topological polar surface area (TPSA) is 38.9 Å². The molecule has 0 aliphatic rings. The van der Waals surface area contributed by atoms with Crippen molar-refractivity contribution >= 4 is 29.0 Å². The molecule has 0 saturated carbocycles. The molecule has 2 N–H and O–H groups in total. The molecule has 0 aromatic carbocycles. The maximum absolute atomic E-state index is 12.2. The summed E-state index contributed by atoms with van der Waals surface area (Å²) in [5.41, 5.74) is 4.69. The standard InChI is InChI=1S/C6H4Cl2F2N2/c7-2-1-3(8)12-6(11)4(2)5(9)10/h1,5H,(H2,11,12). The normalized spacial score (nSPS) is 10.8. The van der Waals surface area contributed by atoms with Crippen molar-refractivity contribution in [1.29, 1.82) is 0 Å². The SMILES string of the molecule is Nc1nc(Cl)cc(Cl)c1C(F)F. The van der Waals surface area contributed by atoms with Gasteiger partial charge >= 0.3 is 0 Å². The van der Waals surface area contributed by atoms with Crippen LogP contribution in [0.25, 0.3) is 0 Å². The van der Waals surface area contributed by atoms with Gasteiger partial charge < -0.3 is 5.73 Å². The minimum absolute atomic E-state index is 0.00176. The predicted molar refractivity (Wildman–Crippen MR) is 43.6 cm³/mol. The third-order valence-corrected chi connectivity index (χ3v) is 1.73. The Balaban J connectivity index is 3.28. The van der Waals surface area contributed by atoms with Crippen molar-refractivity contribution in [3.05, 3.63) is 21.8 Å². The summed E-state index contributed by atoms with van der Waals surface area (Å²) in [5.74, 6) is -0.331. The Kier molecular flexibility index (Phi) is 2.69. The second kappa shape index (κ2) is 3.41. The van der Waals surface area contributed by atoms with Crippen LogP contribution in [0.2, 0.25) is 10.2 Å². The molecular weight excluding hydrogens is 209 g/mol. The van der Waals surface area contributed by atoms with E-state index in [2.05, 4.69) is 4.98 Å². The molecule has 0 aliphatic carbocycles. The van der Waals surface area contributed by atoms with Crippen molar-refractivity contribution in [3.8, 4) is 0 Å². The maximum Gasteiger partial charge on any atom is 0.268 e. The van der Waals surface area contributed by atoms with Gasteiger partial charge in [-0.25, -0.2) is 13.8 Å². The summed E-state index contributed by atoms with van der Waals surface area (Å²) < 4.78 is 24.3. The molecule has 1 aromatic heterocycles. The van der Waals surface area contributed by atoms with Crippen molar-refractivity contribution in [2.24, 2.45) is 0 Å². The van der Waals surface area contributed by atoms with Gasteiger partial charge in [0.25, 0.3) is 6.43 Å². The van der Waals surface area contributed by atoms with Gasteiger partial charge in [0, 0.05) is 0 Å². The van der Waals surface area contributed by atoms with Crippen LogP contribution in [-0.2, 0) is 0 Å². The Hall–Kier alpha value is -0.610. The molecule has 0 bridgehead atoms. The van der Waals surface area contributed by atoms with E-state index >= 15 is 0 Å². The number of rotatable bonds is 1. The van der Waals surface area contributed by atoms with Gasteiger partial charge in [-0.05, 0) is 6.07 Å². The van der Waals surface area contributed by atoms with Gasteiger partial charge in [0.1, 0.15) is 11.0 Å². The average molecular weight is 213 g/mol. The fraction of sp³-hybridized carbons (Fsp3) is 0.167. The molecule has 1 aromatic rings. The molecule has 1 rings (SSSR count). The van der Waals surface area contributed by atoms with E-state index in [1.54, 1.807) is 0 Å². The van der Waals surface area contributed by atoms with Gasteiger partial charge in [0.15, 0.2) is 0 Å². The van der Waals surface area contributed by atoms with E-state index in [9.17, 15) is 8.78 Å². The van der Waals surface area contributed by atoms with Gasteiger partial charge in [-0.2, -0.15) is 0 Å². The summed E-state index contributed by atoms with van der Waals surface area (Å²) in [5, 5.41) is -0.163. The molecule has 0 saturated heterocycles. The summed E-state index contributed by atoms with van der Waals surface area (Å²) in [6.45, 7) is 0. The van der Waals surface area contributed by atoms with Crippen molar-refractivity contribution in [2.75, 3.05) is 5.73 Å². The van der Waals surface area contributed by atoms with Crippen LogP contribution in [0.1, 0.15) is 12.0 Å². The first kappa shape index (κ1) is 9.48. The third kappa shape index (κ3) is 1.76. The van der Waals surface area contributed by atoms with Crippen LogP contribution in [0.15, 0.2) is 6.07 Å². The lowest BCUT2D eigenvalue weighted by molar-refractivity contribution is 0.152. The smallest absolute Gasteiger partial charge is 0.268 e. The Morgan fingerprint density at radius 1 is 1.42 bits per heavy atom. The molecule has 0 atom stereocenters. The zero-order valence-corrected chi connectivity index (χ0v) is 7.20. The first-order valence-corrected chi connectivity index (χ1v) is 3.67. The van der Waals surface area contributed by atoms with Crippen LogP contribution in [0.3, 0.4) is 0 Å². The lowest BCUT2D eigenvalue weighted by atomic mass is 10.2. The largest absolute Gasteiger partial charge is 0.383 e. The molecule has 0 unspecified atom stereocenters. The zero-order chi connectivity index (χ0) is 9.30. The number of hydrogen-bond acceptors (Lipinski definition) is 2. The van der Waals surface area contributed by atoms with Crippen LogP contribution in [0, 0.1) is 0 Å². The van der Waals surface area contributed by atoms with Gasteiger partial charge in [0.2, 0.25) is 0 Å². The van der Waals surface area contributed by atoms with Crippen molar-refractivity contribution < 1.29 is 8.78 Å². The monoisotopic (exact) mass is 212 g/mol. The lowest BCUT2D eigenvalue weighted by Gasteiger charge is -2.05. The summed E-state index contributed by atoms with van der Waals surface area (Å²) in [6, 6.07) is 1.13. The number of hydrogen-bond donors (Lipinski definition) is 1. The number of nitrogen functional groups attached to an aromatic ring is 1. The van der Waals surface area contributed by atoms with Gasteiger partial charge in [-0.1, -0.05) is 23.2 Å². The Morgan fingerprint density at radius 2 is 2.00 bits per heavy atom. The second-order valence-corrected chi connectivity index (χ2v) is 2.82. The van der Waals surface area contributed by atoms with Crippen LogP contribution >= 0.6 is 23.2 Å². The number of anilines is 1. The molecule has 66 valence electrons. The maximum atomic E-state index is 12.2. The summed E-state index contributed by atoms with van der Waals surface area (Å²) in [6.07, 6.45) is -2.73. The Labute approximate surface area is 77.3 Å². The molecule has 1 heterocycles. The van der Waals surface area contributed by atoms with E-state index < -0.39 is 12.0 Å². The molecular formula is C6H4Cl2F2N2. The molecule has 0 amide bonds. The van der Waals surface area contributed by atoms with Crippen molar-refractivity contribution in [1.82, 2.24) is 4.98 Å². The quantitative estimate of drug-likeness (QED) is 0.728. The molecule has 0 aliphatic heterocycles.